The van der Waals surface area contributed by atoms with Crippen LogP contribution in [0.2, 0.25) is 0 Å². The number of rotatable bonds is 8. The van der Waals surface area contributed by atoms with Crippen molar-refractivity contribution in [3.05, 3.63) is 101 Å². The Hall–Kier alpha value is -3.33. The van der Waals surface area contributed by atoms with Gasteiger partial charge in [-0.25, -0.2) is 8.42 Å². The van der Waals surface area contributed by atoms with E-state index in [0.29, 0.717) is 56.0 Å². The van der Waals surface area contributed by atoms with Crippen LogP contribution in [0.4, 0.5) is 0 Å². The van der Waals surface area contributed by atoms with E-state index in [1.807, 2.05) is 6.07 Å². The molecule has 34 heavy (non-hydrogen) atoms. The van der Waals surface area contributed by atoms with Crippen LogP contribution in [0, 0.1) is 0 Å². The van der Waals surface area contributed by atoms with Gasteiger partial charge in [0.05, 0.1) is 23.7 Å². The van der Waals surface area contributed by atoms with Crippen LogP contribution in [0.1, 0.15) is 31.8 Å². The van der Waals surface area contributed by atoms with Crippen molar-refractivity contribution in [3.63, 3.8) is 0 Å². The number of hydrogen-bond acceptors (Lipinski definition) is 5. The molecule has 0 saturated carbocycles. The molecule has 0 aromatic heterocycles. The molecule has 0 bridgehead atoms. The third-order valence-electron chi connectivity index (χ3n) is 5.68. The summed E-state index contributed by atoms with van der Waals surface area (Å²) >= 11 is 0. The van der Waals surface area contributed by atoms with Crippen molar-refractivity contribution in [1.82, 2.24) is 9.62 Å². The summed E-state index contributed by atoms with van der Waals surface area (Å²) in [5.41, 5.74) is 2.09. The standard InChI is InChI=1S/C26H26N2O5S/c29-25(21-6-2-1-3-7-21)23-8-4-5-9-24(23)26(30)27-15-14-20-10-12-22(13-11-20)34(31,32)28-16-18-33-19-17-28/h1-13H,14-19H2,(H,27,30). The Balaban J connectivity index is 1.37. The van der Waals surface area contributed by atoms with Crippen molar-refractivity contribution in [2.24, 2.45) is 0 Å². The highest BCUT2D eigenvalue weighted by atomic mass is 32.2. The normalized spacial score (nSPS) is 14.5. The Bertz CT molecular complexity index is 1250. The maximum absolute atomic E-state index is 12.9. The van der Waals surface area contributed by atoms with Crippen molar-refractivity contribution in [1.29, 1.82) is 0 Å². The fourth-order valence-corrected chi connectivity index (χ4v) is 5.21. The molecule has 1 aliphatic rings. The van der Waals surface area contributed by atoms with Crippen molar-refractivity contribution in [3.8, 4) is 0 Å². The summed E-state index contributed by atoms with van der Waals surface area (Å²) in [6, 6.07) is 22.3. The number of nitrogens with zero attached hydrogens (tertiary/aromatic N) is 1. The van der Waals surface area contributed by atoms with Gasteiger partial charge in [0.2, 0.25) is 10.0 Å². The summed E-state index contributed by atoms with van der Waals surface area (Å²) in [4.78, 5) is 25.9. The fraction of sp³-hybridized carbons (Fsp3) is 0.231. The number of nitrogens with one attached hydrogen (secondary N) is 1. The minimum absolute atomic E-state index is 0.205. The molecule has 176 valence electrons. The van der Waals surface area contributed by atoms with E-state index in [1.54, 1.807) is 72.8 Å². The molecule has 1 aliphatic heterocycles. The molecule has 0 radical (unpaired) electrons. The first-order valence-corrected chi connectivity index (χ1v) is 12.5. The predicted molar refractivity (Wildman–Crippen MR) is 128 cm³/mol. The number of sulfonamides is 1. The molecule has 3 aromatic rings. The summed E-state index contributed by atoms with van der Waals surface area (Å²) in [5, 5.41) is 2.86. The third-order valence-corrected chi connectivity index (χ3v) is 7.60. The van der Waals surface area contributed by atoms with E-state index < -0.39 is 10.0 Å². The highest BCUT2D eigenvalue weighted by Gasteiger charge is 2.26. The summed E-state index contributed by atoms with van der Waals surface area (Å²) in [5.74, 6) is -0.533. The summed E-state index contributed by atoms with van der Waals surface area (Å²) in [6.07, 6.45) is 0.526. The molecule has 3 aromatic carbocycles. The van der Waals surface area contributed by atoms with E-state index in [9.17, 15) is 18.0 Å². The molecule has 4 rings (SSSR count). The SMILES string of the molecule is O=C(NCCc1ccc(S(=O)(=O)N2CCOCC2)cc1)c1ccccc1C(=O)c1ccccc1. The number of morpholine rings is 1. The Kier molecular flexibility index (Phi) is 7.52. The Morgan fingerprint density at radius 1 is 0.824 bits per heavy atom. The number of carbonyl (C=O) groups excluding carboxylic acids is 2. The summed E-state index contributed by atoms with van der Waals surface area (Å²) in [6.45, 7) is 1.85. The van der Waals surface area contributed by atoms with E-state index in [0.717, 1.165) is 5.56 Å². The van der Waals surface area contributed by atoms with Gasteiger partial charge in [-0.05, 0) is 30.2 Å². The van der Waals surface area contributed by atoms with E-state index >= 15 is 0 Å². The lowest BCUT2D eigenvalue weighted by Gasteiger charge is -2.26. The molecule has 0 aliphatic carbocycles. The maximum atomic E-state index is 12.9. The lowest BCUT2D eigenvalue weighted by Crippen LogP contribution is -2.40. The quantitative estimate of drug-likeness (QED) is 0.503. The van der Waals surface area contributed by atoms with Crippen LogP contribution in [0.5, 0.6) is 0 Å². The Morgan fingerprint density at radius 2 is 1.44 bits per heavy atom. The number of amides is 1. The molecule has 0 atom stereocenters. The Morgan fingerprint density at radius 3 is 2.12 bits per heavy atom. The number of ketones is 1. The zero-order chi connectivity index (χ0) is 24.0. The predicted octanol–water partition coefficient (Wildman–Crippen LogP) is 2.91. The molecule has 1 heterocycles. The fourth-order valence-electron chi connectivity index (χ4n) is 3.80. The highest BCUT2D eigenvalue weighted by molar-refractivity contribution is 7.89. The largest absolute Gasteiger partial charge is 0.379 e. The van der Waals surface area contributed by atoms with Gasteiger partial charge in [-0.15, -0.1) is 0 Å². The van der Waals surface area contributed by atoms with Crippen LogP contribution in [-0.2, 0) is 21.2 Å². The first-order valence-electron chi connectivity index (χ1n) is 11.1. The average Bonchev–Trinajstić information content (AvgIpc) is 2.89. The number of hydrogen-bond donors (Lipinski definition) is 1. The second kappa shape index (κ2) is 10.7. The minimum Gasteiger partial charge on any atom is -0.379 e. The maximum Gasteiger partial charge on any atom is 0.252 e. The topological polar surface area (TPSA) is 92.8 Å². The molecule has 1 fully saturated rings. The van der Waals surface area contributed by atoms with Crippen molar-refractivity contribution < 1.29 is 22.7 Å². The molecular formula is C26H26N2O5S. The van der Waals surface area contributed by atoms with Crippen molar-refractivity contribution >= 4 is 21.7 Å². The smallest absolute Gasteiger partial charge is 0.252 e. The molecule has 7 nitrogen and oxygen atoms in total. The molecule has 1 saturated heterocycles. The number of benzene rings is 3. The van der Waals surface area contributed by atoms with Crippen LogP contribution in [0.15, 0.2) is 83.8 Å². The van der Waals surface area contributed by atoms with Gasteiger partial charge in [0.15, 0.2) is 5.78 Å². The minimum atomic E-state index is -3.53. The first kappa shape index (κ1) is 23.8. The molecular weight excluding hydrogens is 452 g/mol. The number of ether oxygens (including phenoxy) is 1. The van der Waals surface area contributed by atoms with Crippen LogP contribution in [-0.4, -0.2) is 57.3 Å². The first-order chi connectivity index (χ1) is 16.5. The van der Waals surface area contributed by atoms with Crippen molar-refractivity contribution in [2.75, 3.05) is 32.8 Å². The van der Waals surface area contributed by atoms with Gasteiger partial charge in [0, 0.05) is 30.8 Å². The Labute approximate surface area is 199 Å². The zero-order valence-electron chi connectivity index (χ0n) is 18.6. The van der Waals surface area contributed by atoms with Crippen LogP contribution < -0.4 is 5.32 Å². The van der Waals surface area contributed by atoms with Gasteiger partial charge >= 0.3 is 0 Å². The van der Waals surface area contributed by atoms with E-state index in [-0.39, 0.29) is 16.6 Å². The summed E-state index contributed by atoms with van der Waals surface area (Å²) < 4.78 is 32.1. The summed E-state index contributed by atoms with van der Waals surface area (Å²) in [7, 11) is -3.53. The van der Waals surface area contributed by atoms with Gasteiger partial charge in [-0.1, -0.05) is 60.7 Å². The molecule has 0 unspecified atom stereocenters. The third kappa shape index (κ3) is 5.41. The van der Waals surface area contributed by atoms with Gasteiger partial charge in [0.1, 0.15) is 0 Å². The molecule has 8 heteroatoms. The average molecular weight is 479 g/mol. The monoisotopic (exact) mass is 478 g/mol. The van der Waals surface area contributed by atoms with Gasteiger partial charge < -0.3 is 10.1 Å². The molecule has 1 N–H and O–H groups in total. The second-order valence-electron chi connectivity index (χ2n) is 7.91. The van der Waals surface area contributed by atoms with Crippen molar-refractivity contribution in [2.45, 2.75) is 11.3 Å². The van der Waals surface area contributed by atoms with Gasteiger partial charge in [-0.3, -0.25) is 9.59 Å². The van der Waals surface area contributed by atoms with E-state index in [1.165, 1.54) is 4.31 Å². The van der Waals surface area contributed by atoms with Crippen LogP contribution >= 0.6 is 0 Å². The number of carbonyl (C=O) groups is 2. The van der Waals surface area contributed by atoms with Crippen LogP contribution in [0.25, 0.3) is 0 Å². The van der Waals surface area contributed by atoms with E-state index in [4.69, 9.17) is 4.74 Å². The van der Waals surface area contributed by atoms with E-state index in [2.05, 4.69) is 5.32 Å². The highest BCUT2D eigenvalue weighted by Crippen LogP contribution is 2.18. The molecule has 0 spiro atoms. The zero-order valence-corrected chi connectivity index (χ0v) is 19.5. The van der Waals surface area contributed by atoms with Gasteiger partial charge in [-0.2, -0.15) is 4.31 Å². The second-order valence-corrected chi connectivity index (χ2v) is 9.84. The van der Waals surface area contributed by atoms with Gasteiger partial charge in [0.25, 0.3) is 5.91 Å². The lowest BCUT2D eigenvalue weighted by molar-refractivity contribution is 0.0730. The lowest BCUT2D eigenvalue weighted by atomic mass is 9.98. The molecule has 1 amide bonds. The van der Waals surface area contributed by atoms with Crippen LogP contribution in [0.3, 0.4) is 0 Å².